The minimum Gasteiger partial charge on any atom is -0.349 e. The molecule has 2 aromatic rings. The Hall–Kier alpha value is -2.62. The lowest BCUT2D eigenvalue weighted by molar-refractivity contribution is -0.120. The third-order valence-corrected chi connectivity index (χ3v) is 3.30. The van der Waals surface area contributed by atoms with E-state index in [1.807, 2.05) is 61.5 Å². The van der Waals surface area contributed by atoms with E-state index >= 15 is 0 Å². The number of benzene rings is 2. The molecule has 22 heavy (non-hydrogen) atoms. The van der Waals surface area contributed by atoms with Gasteiger partial charge in [0.15, 0.2) is 0 Å². The smallest absolute Gasteiger partial charge is 0.226 e. The average Bonchev–Trinajstić information content (AvgIpc) is 2.49. The summed E-state index contributed by atoms with van der Waals surface area (Å²) >= 11 is 0. The zero-order valence-electron chi connectivity index (χ0n) is 12.8. The Kier molecular flexibility index (Phi) is 5.31. The Balaban J connectivity index is 2.04. The van der Waals surface area contributed by atoms with E-state index in [1.165, 1.54) is 6.92 Å². The summed E-state index contributed by atoms with van der Waals surface area (Å²) in [5.74, 6) is -0.288. The van der Waals surface area contributed by atoms with Crippen LogP contribution >= 0.6 is 0 Å². The van der Waals surface area contributed by atoms with Gasteiger partial charge in [-0.15, -0.1) is 0 Å². The molecule has 2 rings (SSSR count). The highest BCUT2D eigenvalue weighted by atomic mass is 16.2. The van der Waals surface area contributed by atoms with Gasteiger partial charge in [-0.25, -0.2) is 0 Å². The quantitative estimate of drug-likeness (QED) is 0.890. The van der Waals surface area contributed by atoms with Crippen molar-refractivity contribution < 1.29 is 9.59 Å². The van der Waals surface area contributed by atoms with E-state index in [4.69, 9.17) is 0 Å². The van der Waals surface area contributed by atoms with Crippen LogP contribution in [0.4, 0.5) is 5.69 Å². The number of aryl methyl sites for hydroxylation is 1. The van der Waals surface area contributed by atoms with Crippen LogP contribution in [0.5, 0.6) is 0 Å². The summed E-state index contributed by atoms with van der Waals surface area (Å²) in [7, 11) is 0. The number of carbonyl (C=O) groups is 2. The predicted molar refractivity (Wildman–Crippen MR) is 87.4 cm³/mol. The summed E-state index contributed by atoms with van der Waals surface area (Å²) in [4.78, 5) is 23.6. The number of amides is 2. The van der Waals surface area contributed by atoms with Crippen LogP contribution in [0.1, 0.15) is 30.5 Å². The Morgan fingerprint density at radius 1 is 1.00 bits per heavy atom. The number of anilines is 1. The molecule has 4 nitrogen and oxygen atoms in total. The topological polar surface area (TPSA) is 58.2 Å². The van der Waals surface area contributed by atoms with E-state index in [1.54, 1.807) is 0 Å². The maximum atomic E-state index is 12.2. The minimum atomic E-state index is -0.329. The molecule has 4 heteroatoms. The molecule has 0 aromatic heterocycles. The van der Waals surface area contributed by atoms with Gasteiger partial charge in [0.2, 0.25) is 11.8 Å². The third-order valence-electron chi connectivity index (χ3n) is 3.30. The van der Waals surface area contributed by atoms with Gasteiger partial charge in [0.25, 0.3) is 0 Å². The molecule has 2 aromatic carbocycles. The number of rotatable bonds is 5. The van der Waals surface area contributed by atoms with Crippen molar-refractivity contribution >= 4 is 17.5 Å². The second-order valence-electron chi connectivity index (χ2n) is 5.28. The zero-order valence-corrected chi connectivity index (χ0v) is 12.8. The molecule has 0 spiro atoms. The Bertz CT molecular complexity index is 636. The highest BCUT2D eigenvalue weighted by Crippen LogP contribution is 2.18. The van der Waals surface area contributed by atoms with Gasteiger partial charge in [-0.05, 0) is 24.6 Å². The van der Waals surface area contributed by atoms with E-state index in [0.717, 1.165) is 16.8 Å². The van der Waals surface area contributed by atoms with E-state index < -0.39 is 0 Å². The van der Waals surface area contributed by atoms with Gasteiger partial charge >= 0.3 is 0 Å². The molecule has 0 aliphatic rings. The molecule has 0 fully saturated rings. The van der Waals surface area contributed by atoms with Crippen LogP contribution in [0, 0.1) is 6.92 Å². The summed E-state index contributed by atoms with van der Waals surface area (Å²) in [5, 5.41) is 5.67. The number of hydrogen-bond acceptors (Lipinski definition) is 2. The third kappa shape index (κ3) is 4.74. The van der Waals surface area contributed by atoms with E-state index in [9.17, 15) is 9.59 Å². The van der Waals surface area contributed by atoms with Crippen LogP contribution in [0.15, 0.2) is 54.6 Å². The number of nitrogens with one attached hydrogen (secondary N) is 2. The first-order valence-corrected chi connectivity index (χ1v) is 7.23. The van der Waals surface area contributed by atoms with Gasteiger partial charge in [0.05, 0.1) is 12.5 Å². The summed E-state index contributed by atoms with van der Waals surface area (Å²) in [6, 6.07) is 16.8. The lowest BCUT2D eigenvalue weighted by Crippen LogP contribution is -2.29. The van der Waals surface area contributed by atoms with Crippen molar-refractivity contribution in [2.24, 2.45) is 0 Å². The van der Waals surface area contributed by atoms with Crippen molar-refractivity contribution in [3.63, 3.8) is 0 Å². The molecule has 2 amide bonds. The zero-order chi connectivity index (χ0) is 15.9. The summed E-state index contributed by atoms with van der Waals surface area (Å²) in [5.41, 5.74) is 2.81. The van der Waals surface area contributed by atoms with Crippen molar-refractivity contribution in [3.8, 4) is 0 Å². The first-order chi connectivity index (χ1) is 10.5. The molecule has 1 atom stereocenters. The van der Waals surface area contributed by atoms with Crippen molar-refractivity contribution in [3.05, 3.63) is 65.7 Å². The normalized spacial score (nSPS) is 11.5. The van der Waals surface area contributed by atoms with Crippen LogP contribution in [0.3, 0.4) is 0 Å². The van der Waals surface area contributed by atoms with Gasteiger partial charge in [0.1, 0.15) is 0 Å². The predicted octanol–water partition coefficient (Wildman–Crippen LogP) is 3.20. The SMILES string of the molecule is CC(=O)N[C@@H](CC(=O)Nc1ccc(C)cc1)c1ccccc1. The molecule has 0 saturated carbocycles. The van der Waals surface area contributed by atoms with Crippen molar-refractivity contribution in [2.75, 3.05) is 5.32 Å². The highest BCUT2D eigenvalue weighted by Gasteiger charge is 2.16. The summed E-state index contributed by atoms with van der Waals surface area (Å²) < 4.78 is 0. The Labute approximate surface area is 130 Å². The molecule has 0 aliphatic heterocycles. The number of hydrogen-bond donors (Lipinski definition) is 2. The molecule has 0 saturated heterocycles. The first-order valence-electron chi connectivity index (χ1n) is 7.23. The molecule has 114 valence electrons. The monoisotopic (exact) mass is 296 g/mol. The molecule has 0 bridgehead atoms. The Morgan fingerprint density at radius 3 is 2.23 bits per heavy atom. The summed E-state index contributed by atoms with van der Waals surface area (Å²) in [6.45, 7) is 3.45. The fourth-order valence-corrected chi connectivity index (χ4v) is 2.22. The molecular formula is C18H20N2O2. The minimum absolute atomic E-state index is 0.133. The van der Waals surface area contributed by atoms with Gasteiger partial charge in [-0.3, -0.25) is 9.59 Å². The highest BCUT2D eigenvalue weighted by molar-refractivity contribution is 5.91. The maximum Gasteiger partial charge on any atom is 0.226 e. The van der Waals surface area contributed by atoms with Crippen LogP contribution in [-0.2, 0) is 9.59 Å². The van der Waals surface area contributed by atoms with E-state index in [-0.39, 0.29) is 24.3 Å². The lowest BCUT2D eigenvalue weighted by atomic mass is 10.0. The average molecular weight is 296 g/mol. The molecule has 0 heterocycles. The van der Waals surface area contributed by atoms with Crippen molar-refractivity contribution in [1.29, 1.82) is 0 Å². The van der Waals surface area contributed by atoms with Gasteiger partial charge < -0.3 is 10.6 Å². The van der Waals surface area contributed by atoms with Gasteiger partial charge in [-0.2, -0.15) is 0 Å². The van der Waals surface area contributed by atoms with Crippen LogP contribution in [0.25, 0.3) is 0 Å². The molecular weight excluding hydrogens is 276 g/mol. The fourth-order valence-electron chi connectivity index (χ4n) is 2.22. The maximum absolute atomic E-state index is 12.2. The summed E-state index contributed by atoms with van der Waals surface area (Å²) in [6.07, 6.45) is 0.192. The first kappa shape index (κ1) is 15.8. The molecule has 0 radical (unpaired) electrons. The fraction of sp³-hybridized carbons (Fsp3) is 0.222. The van der Waals surface area contributed by atoms with Crippen molar-refractivity contribution in [2.45, 2.75) is 26.3 Å². The second kappa shape index (κ2) is 7.41. The van der Waals surface area contributed by atoms with Crippen LogP contribution < -0.4 is 10.6 Å². The molecule has 0 unspecified atom stereocenters. The van der Waals surface area contributed by atoms with E-state index in [0.29, 0.717) is 0 Å². The van der Waals surface area contributed by atoms with Gasteiger partial charge in [0, 0.05) is 12.6 Å². The largest absolute Gasteiger partial charge is 0.349 e. The van der Waals surface area contributed by atoms with Crippen LogP contribution in [-0.4, -0.2) is 11.8 Å². The molecule has 2 N–H and O–H groups in total. The lowest BCUT2D eigenvalue weighted by Gasteiger charge is -2.18. The molecule has 0 aliphatic carbocycles. The Morgan fingerprint density at radius 2 is 1.64 bits per heavy atom. The van der Waals surface area contributed by atoms with E-state index in [2.05, 4.69) is 10.6 Å². The number of carbonyl (C=O) groups excluding carboxylic acids is 2. The van der Waals surface area contributed by atoms with Crippen molar-refractivity contribution in [1.82, 2.24) is 5.32 Å². The van der Waals surface area contributed by atoms with Crippen LogP contribution in [0.2, 0.25) is 0 Å². The second-order valence-corrected chi connectivity index (χ2v) is 5.28. The van der Waals surface area contributed by atoms with Gasteiger partial charge in [-0.1, -0.05) is 48.0 Å². The standard InChI is InChI=1S/C18H20N2O2/c1-13-8-10-16(11-9-13)20-18(22)12-17(19-14(2)21)15-6-4-3-5-7-15/h3-11,17H,12H2,1-2H3,(H,19,21)(H,20,22)/t17-/m0/s1.